The quantitative estimate of drug-likeness (QED) is 0.843. The molecule has 2 rings (SSSR count). The molecular weight excluding hydrogens is 272 g/mol. The molecule has 1 aliphatic heterocycles. The Labute approximate surface area is 125 Å². The fourth-order valence-corrected chi connectivity index (χ4v) is 4.24. The number of hydrogen-bond acceptors (Lipinski definition) is 3. The highest BCUT2D eigenvalue weighted by molar-refractivity contribution is 7.84. The van der Waals surface area contributed by atoms with Crippen molar-refractivity contribution < 1.29 is 9.00 Å². The highest BCUT2D eigenvalue weighted by Crippen LogP contribution is 2.38. The molecule has 0 aromatic rings. The second-order valence-corrected chi connectivity index (χ2v) is 8.30. The van der Waals surface area contributed by atoms with Gasteiger partial charge in [0.05, 0.1) is 11.7 Å². The molecule has 1 saturated heterocycles. The standard InChI is InChI=1S/C15H28N2O2S/c1-11(2)13-16-15(8-5-6-9-15)14(18)17(13)12(3)7-10-20(4)19/h11-13,16H,5-10H2,1-4H3. The molecule has 0 aromatic carbocycles. The van der Waals surface area contributed by atoms with E-state index in [0.29, 0.717) is 11.7 Å². The van der Waals surface area contributed by atoms with Gasteiger partial charge in [-0.1, -0.05) is 26.7 Å². The Hall–Kier alpha value is -0.420. The van der Waals surface area contributed by atoms with Crippen molar-refractivity contribution in [1.82, 2.24) is 10.2 Å². The Bertz CT molecular complexity index is 391. The summed E-state index contributed by atoms with van der Waals surface area (Å²) in [5.41, 5.74) is -0.297. The molecule has 1 amide bonds. The first-order valence-electron chi connectivity index (χ1n) is 7.78. The average Bonchev–Trinajstić information content (AvgIpc) is 2.95. The fourth-order valence-electron chi connectivity index (χ4n) is 3.56. The molecule has 1 heterocycles. The Morgan fingerprint density at radius 2 is 1.95 bits per heavy atom. The van der Waals surface area contributed by atoms with Crippen LogP contribution in [0.3, 0.4) is 0 Å². The molecule has 116 valence electrons. The van der Waals surface area contributed by atoms with Gasteiger partial charge in [0.15, 0.2) is 0 Å². The van der Waals surface area contributed by atoms with E-state index in [1.807, 2.05) is 4.90 Å². The molecule has 1 spiro atoms. The lowest BCUT2D eigenvalue weighted by atomic mass is 9.97. The second kappa shape index (κ2) is 6.14. The maximum Gasteiger partial charge on any atom is 0.244 e. The minimum absolute atomic E-state index is 0.126. The van der Waals surface area contributed by atoms with Gasteiger partial charge in [0.1, 0.15) is 0 Å². The number of hydrogen-bond donors (Lipinski definition) is 1. The van der Waals surface area contributed by atoms with E-state index < -0.39 is 10.8 Å². The normalized spacial score (nSPS) is 28.6. The summed E-state index contributed by atoms with van der Waals surface area (Å²) in [4.78, 5) is 15.0. The average molecular weight is 300 g/mol. The summed E-state index contributed by atoms with van der Waals surface area (Å²) in [5.74, 6) is 1.35. The van der Waals surface area contributed by atoms with Gasteiger partial charge in [-0.25, -0.2) is 0 Å². The summed E-state index contributed by atoms with van der Waals surface area (Å²) >= 11 is 0. The zero-order valence-corrected chi connectivity index (χ0v) is 14.0. The van der Waals surface area contributed by atoms with Crippen LogP contribution in [0.1, 0.15) is 52.9 Å². The zero-order valence-electron chi connectivity index (χ0n) is 13.1. The van der Waals surface area contributed by atoms with Crippen LogP contribution in [-0.2, 0) is 15.6 Å². The Balaban J connectivity index is 2.15. The maximum atomic E-state index is 12.9. The van der Waals surface area contributed by atoms with Gasteiger partial charge in [0, 0.05) is 28.9 Å². The van der Waals surface area contributed by atoms with Crippen LogP contribution in [0.15, 0.2) is 0 Å². The molecule has 1 N–H and O–H groups in total. The third-order valence-electron chi connectivity index (χ3n) is 4.75. The van der Waals surface area contributed by atoms with E-state index in [1.165, 1.54) is 0 Å². The molecule has 20 heavy (non-hydrogen) atoms. The van der Waals surface area contributed by atoms with E-state index in [-0.39, 0.29) is 23.7 Å². The molecular formula is C15H28N2O2S. The van der Waals surface area contributed by atoms with Crippen molar-refractivity contribution >= 4 is 16.7 Å². The summed E-state index contributed by atoms with van der Waals surface area (Å²) < 4.78 is 11.3. The van der Waals surface area contributed by atoms with Gasteiger partial charge in [-0.3, -0.25) is 14.3 Å². The van der Waals surface area contributed by atoms with Crippen molar-refractivity contribution in [2.45, 2.75) is 70.6 Å². The van der Waals surface area contributed by atoms with E-state index in [9.17, 15) is 9.00 Å². The van der Waals surface area contributed by atoms with Crippen LogP contribution in [0.2, 0.25) is 0 Å². The smallest absolute Gasteiger partial charge is 0.244 e. The Morgan fingerprint density at radius 3 is 2.45 bits per heavy atom. The van der Waals surface area contributed by atoms with Gasteiger partial charge in [0.2, 0.25) is 5.91 Å². The van der Waals surface area contributed by atoms with Crippen LogP contribution in [0, 0.1) is 5.92 Å². The van der Waals surface area contributed by atoms with Crippen molar-refractivity contribution in [2.75, 3.05) is 12.0 Å². The summed E-state index contributed by atoms with van der Waals surface area (Å²) in [5, 5.41) is 3.63. The van der Waals surface area contributed by atoms with Crippen LogP contribution < -0.4 is 5.32 Å². The molecule has 2 aliphatic rings. The lowest BCUT2D eigenvalue weighted by molar-refractivity contribution is -0.135. The predicted octanol–water partition coefficient (Wildman–Crippen LogP) is 1.87. The summed E-state index contributed by atoms with van der Waals surface area (Å²) in [7, 11) is -0.788. The van der Waals surface area contributed by atoms with Crippen molar-refractivity contribution in [3.8, 4) is 0 Å². The molecule has 1 saturated carbocycles. The molecule has 3 unspecified atom stereocenters. The monoisotopic (exact) mass is 300 g/mol. The number of carbonyl (C=O) groups excluding carboxylic acids is 1. The summed E-state index contributed by atoms with van der Waals surface area (Å²) in [6, 6.07) is 0.159. The SMILES string of the molecule is CC(C)C1NC2(CCCC2)C(=O)N1C(C)CCS(C)=O. The van der Waals surface area contributed by atoms with Gasteiger partial charge in [-0.05, 0) is 32.1 Å². The Morgan fingerprint density at radius 1 is 1.35 bits per heavy atom. The molecule has 2 fully saturated rings. The number of nitrogens with zero attached hydrogens (tertiary/aromatic N) is 1. The van der Waals surface area contributed by atoms with Crippen molar-refractivity contribution in [2.24, 2.45) is 5.92 Å². The van der Waals surface area contributed by atoms with E-state index in [0.717, 1.165) is 32.1 Å². The number of nitrogens with one attached hydrogen (secondary N) is 1. The molecule has 0 aromatic heterocycles. The number of rotatable bonds is 5. The van der Waals surface area contributed by atoms with Gasteiger partial charge < -0.3 is 4.90 Å². The van der Waals surface area contributed by atoms with Crippen molar-refractivity contribution in [1.29, 1.82) is 0 Å². The molecule has 4 nitrogen and oxygen atoms in total. The number of amides is 1. The number of carbonyl (C=O) groups is 1. The fraction of sp³-hybridized carbons (Fsp3) is 0.933. The third kappa shape index (κ3) is 2.93. The van der Waals surface area contributed by atoms with Gasteiger partial charge in [-0.2, -0.15) is 0 Å². The second-order valence-electron chi connectivity index (χ2n) is 6.75. The summed E-state index contributed by atoms with van der Waals surface area (Å²) in [6.45, 7) is 6.42. The lowest BCUT2D eigenvalue weighted by Crippen LogP contribution is -2.46. The largest absolute Gasteiger partial charge is 0.323 e. The molecule has 0 radical (unpaired) electrons. The molecule has 3 atom stereocenters. The van der Waals surface area contributed by atoms with E-state index in [1.54, 1.807) is 6.26 Å². The van der Waals surface area contributed by atoms with Crippen molar-refractivity contribution in [3.05, 3.63) is 0 Å². The molecule has 5 heteroatoms. The van der Waals surface area contributed by atoms with Crippen LogP contribution >= 0.6 is 0 Å². The maximum absolute atomic E-state index is 12.9. The minimum Gasteiger partial charge on any atom is -0.323 e. The highest BCUT2D eigenvalue weighted by atomic mass is 32.2. The van der Waals surface area contributed by atoms with Gasteiger partial charge in [-0.15, -0.1) is 0 Å². The van der Waals surface area contributed by atoms with Crippen molar-refractivity contribution in [3.63, 3.8) is 0 Å². The third-order valence-corrected chi connectivity index (χ3v) is 5.56. The lowest BCUT2D eigenvalue weighted by Gasteiger charge is -2.32. The van der Waals surface area contributed by atoms with E-state index in [4.69, 9.17) is 0 Å². The first kappa shape index (κ1) is 16.0. The van der Waals surface area contributed by atoms with E-state index >= 15 is 0 Å². The van der Waals surface area contributed by atoms with E-state index in [2.05, 4.69) is 26.1 Å². The Kier molecular flexibility index (Phi) is 4.90. The molecule has 0 bridgehead atoms. The zero-order chi connectivity index (χ0) is 14.9. The predicted molar refractivity (Wildman–Crippen MR) is 82.8 cm³/mol. The molecule has 1 aliphatic carbocycles. The van der Waals surface area contributed by atoms with Crippen LogP contribution in [-0.4, -0.2) is 44.8 Å². The highest BCUT2D eigenvalue weighted by Gasteiger charge is 2.53. The topological polar surface area (TPSA) is 49.4 Å². The van der Waals surface area contributed by atoms with Crippen LogP contribution in [0.25, 0.3) is 0 Å². The van der Waals surface area contributed by atoms with Gasteiger partial charge >= 0.3 is 0 Å². The van der Waals surface area contributed by atoms with Crippen LogP contribution in [0.4, 0.5) is 0 Å². The summed E-state index contributed by atoms with van der Waals surface area (Å²) in [6.07, 6.45) is 6.90. The first-order chi connectivity index (χ1) is 9.37. The van der Waals surface area contributed by atoms with Crippen LogP contribution in [0.5, 0.6) is 0 Å². The first-order valence-corrected chi connectivity index (χ1v) is 9.50. The van der Waals surface area contributed by atoms with Gasteiger partial charge in [0.25, 0.3) is 0 Å². The minimum atomic E-state index is -0.788.